The van der Waals surface area contributed by atoms with Crippen LogP contribution in [0.3, 0.4) is 0 Å². The topological polar surface area (TPSA) is 209 Å². The maximum Gasteiger partial charge on any atom is 0.351 e. The van der Waals surface area contributed by atoms with Crippen molar-refractivity contribution in [2.24, 2.45) is 10.7 Å². The number of carbonyl (C=O) groups is 4. The molecule has 5 N–H and O–H groups in total. The minimum atomic E-state index is -1.28. The molecule has 0 saturated carbocycles. The Hall–Kier alpha value is -3.05. The summed E-state index contributed by atoms with van der Waals surface area (Å²) >= 11 is 2.10. The lowest BCUT2D eigenvalue weighted by molar-refractivity contribution is -0.147. The second-order valence-corrected chi connectivity index (χ2v) is 9.98. The molecule has 5 atom stereocenters. The minimum absolute atomic E-state index is 0.0427. The van der Waals surface area contributed by atoms with Crippen molar-refractivity contribution in [3.8, 4) is 0 Å². The molecule has 0 bridgehead atoms. The van der Waals surface area contributed by atoms with E-state index >= 15 is 0 Å². The standard InChI is InChI=1S/C20H22N6O8S2/c21-11-3-5-25(19(31)23-11)13-7-35-17(33-13)15(29)9(27)1-2-10(28)16(30)18-34-14(8-36-18)26-6-4-12(22)24-20(26)32/h3-6,13-14,17-19,31H,1-2,7-8H2,(H2,21,23)(H2,22,24,32). The summed E-state index contributed by atoms with van der Waals surface area (Å²) in [6.45, 7) is 0. The van der Waals surface area contributed by atoms with Crippen molar-refractivity contribution >= 4 is 58.3 Å². The van der Waals surface area contributed by atoms with Crippen LogP contribution in [0.2, 0.25) is 0 Å². The van der Waals surface area contributed by atoms with Gasteiger partial charge >= 0.3 is 5.69 Å². The molecule has 2 saturated heterocycles. The molecule has 36 heavy (non-hydrogen) atoms. The number of nitrogen functional groups attached to an aromatic ring is 1. The normalized spacial score (nSPS) is 27.6. The average Bonchev–Trinajstić information content (AvgIpc) is 3.52. The number of amidine groups is 1. The van der Waals surface area contributed by atoms with E-state index in [0.29, 0.717) is 0 Å². The van der Waals surface area contributed by atoms with E-state index in [-0.39, 0.29) is 23.2 Å². The van der Waals surface area contributed by atoms with E-state index in [0.717, 1.165) is 28.1 Å². The van der Waals surface area contributed by atoms with Gasteiger partial charge in [-0.2, -0.15) is 4.98 Å². The second kappa shape index (κ2) is 10.9. The fourth-order valence-corrected chi connectivity index (χ4v) is 5.62. The highest BCUT2D eigenvalue weighted by atomic mass is 32.2. The minimum Gasteiger partial charge on any atom is -0.384 e. The SMILES string of the molecule is NC1=NC(O)N(C2CSC(C(=O)C(=O)CCC(=O)C(=O)C3OC(n4ccc(N)nc4=O)CS3)O2)C=C1. The molecule has 3 aliphatic heterocycles. The first kappa shape index (κ1) is 26.0. The van der Waals surface area contributed by atoms with Gasteiger partial charge in [-0.3, -0.25) is 23.7 Å². The maximum absolute atomic E-state index is 12.5. The van der Waals surface area contributed by atoms with Crippen LogP contribution in [0.1, 0.15) is 19.1 Å². The summed E-state index contributed by atoms with van der Waals surface area (Å²) in [6, 6.07) is 1.40. The van der Waals surface area contributed by atoms with E-state index in [1.807, 2.05) is 0 Å². The molecule has 3 aliphatic rings. The van der Waals surface area contributed by atoms with Gasteiger partial charge in [-0.1, -0.05) is 0 Å². The number of ether oxygens (including phenoxy) is 2. The number of aliphatic imine (C=N–C) groups is 1. The van der Waals surface area contributed by atoms with Gasteiger partial charge in [0.1, 0.15) is 24.1 Å². The summed E-state index contributed by atoms with van der Waals surface area (Å²) in [5, 5.41) is 9.99. The lowest BCUT2D eigenvalue weighted by Gasteiger charge is -2.30. The first-order valence-corrected chi connectivity index (χ1v) is 12.7. The van der Waals surface area contributed by atoms with Crippen molar-refractivity contribution in [2.75, 3.05) is 17.2 Å². The highest BCUT2D eigenvalue weighted by Gasteiger charge is 2.40. The van der Waals surface area contributed by atoms with Crippen molar-refractivity contribution in [1.29, 1.82) is 0 Å². The lowest BCUT2D eigenvalue weighted by Crippen LogP contribution is -2.43. The second-order valence-electron chi connectivity index (χ2n) is 7.79. The summed E-state index contributed by atoms with van der Waals surface area (Å²) in [4.78, 5) is 70.3. The molecule has 192 valence electrons. The van der Waals surface area contributed by atoms with Gasteiger partial charge in [0.25, 0.3) is 0 Å². The number of aliphatic hydroxyl groups is 1. The third kappa shape index (κ3) is 5.67. The van der Waals surface area contributed by atoms with Gasteiger partial charge in [0.15, 0.2) is 10.9 Å². The fourth-order valence-electron chi connectivity index (χ4n) is 3.47. The van der Waals surface area contributed by atoms with Crippen LogP contribution in [-0.4, -0.2) is 83.5 Å². The number of hydrogen-bond donors (Lipinski definition) is 3. The number of aliphatic hydroxyl groups excluding tert-OH is 1. The third-order valence-corrected chi connectivity index (χ3v) is 7.55. The molecule has 2 fully saturated rings. The first-order chi connectivity index (χ1) is 17.1. The Bertz CT molecular complexity index is 1200. The molecule has 16 heteroatoms. The zero-order valence-corrected chi connectivity index (χ0v) is 20.2. The van der Waals surface area contributed by atoms with E-state index in [4.69, 9.17) is 20.9 Å². The molecule has 4 rings (SSSR count). The van der Waals surface area contributed by atoms with Crippen molar-refractivity contribution in [1.82, 2.24) is 14.5 Å². The third-order valence-electron chi connectivity index (χ3n) is 5.34. The average molecular weight is 539 g/mol. The number of rotatable bonds is 9. The molecule has 0 spiro atoms. The first-order valence-electron chi connectivity index (χ1n) is 10.6. The molecule has 14 nitrogen and oxygen atoms in total. The summed E-state index contributed by atoms with van der Waals surface area (Å²) in [5.74, 6) is -2.75. The number of hydrogen-bond acceptors (Lipinski definition) is 15. The van der Waals surface area contributed by atoms with E-state index in [1.165, 1.54) is 29.4 Å². The van der Waals surface area contributed by atoms with Crippen LogP contribution < -0.4 is 17.2 Å². The van der Waals surface area contributed by atoms with Crippen molar-refractivity contribution < 1.29 is 33.8 Å². The summed E-state index contributed by atoms with van der Waals surface area (Å²) in [6.07, 6.45) is 0.585. The van der Waals surface area contributed by atoms with Crippen LogP contribution in [0.4, 0.5) is 5.82 Å². The van der Waals surface area contributed by atoms with Crippen LogP contribution in [0, 0.1) is 0 Å². The predicted molar refractivity (Wildman–Crippen MR) is 128 cm³/mol. The molecule has 0 aliphatic carbocycles. The molecule has 1 aromatic heterocycles. The van der Waals surface area contributed by atoms with E-state index < -0.39 is 71.3 Å². The largest absolute Gasteiger partial charge is 0.384 e. The van der Waals surface area contributed by atoms with Crippen molar-refractivity contribution in [3.63, 3.8) is 0 Å². The van der Waals surface area contributed by atoms with Gasteiger partial charge in [-0.15, -0.1) is 23.5 Å². The van der Waals surface area contributed by atoms with Crippen LogP contribution in [-0.2, 0) is 28.7 Å². The number of nitrogens with zero attached hydrogens (tertiary/aromatic N) is 4. The van der Waals surface area contributed by atoms with Gasteiger partial charge < -0.3 is 30.9 Å². The van der Waals surface area contributed by atoms with Crippen LogP contribution in [0.15, 0.2) is 34.3 Å². The van der Waals surface area contributed by atoms with Crippen molar-refractivity contribution in [2.45, 2.75) is 42.5 Å². The maximum atomic E-state index is 12.5. The molecule has 0 radical (unpaired) electrons. The number of anilines is 1. The zero-order chi connectivity index (χ0) is 26.0. The molecule has 5 unspecified atom stereocenters. The summed E-state index contributed by atoms with van der Waals surface area (Å²) in [7, 11) is 0. The van der Waals surface area contributed by atoms with Gasteiger partial charge in [0.2, 0.25) is 29.5 Å². The lowest BCUT2D eigenvalue weighted by atomic mass is 10.1. The Morgan fingerprint density at radius 3 is 2.19 bits per heavy atom. The van der Waals surface area contributed by atoms with E-state index in [9.17, 15) is 29.1 Å². The molecule has 0 amide bonds. The van der Waals surface area contributed by atoms with Gasteiger partial charge in [0.05, 0.1) is 0 Å². The van der Waals surface area contributed by atoms with Crippen molar-refractivity contribution in [3.05, 3.63) is 35.0 Å². The number of nitrogens with two attached hydrogens (primary N) is 2. The summed E-state index contributed by atoms with van der Waals surface area (Å²) in [5.41, 5.74) is 8.06. The Morgan fingerprint density at radius 2 is 1.61 bits per heavy atom. The Labute approximate surface area is 212 Å². The number of aromatic nitrogens is 2. The molecular weight excluding hydrogens is 516 g/mol. The van der Waals surface area contributed by atoms with E-state index in [2.05, 4.69) is 9.98 Å². The predicted octanol–water partition coefficient (Wildman–Crippen LogP) is -1.65. The fraction of sp³-hybridized carbons (Fsp3) is 0.450. The molecule has 0 aromatic carbocycles. The van der Waals surface area contributed by atoms with E-state index in [1.54, 1.807) is 0 Å². The quantitative estimate of drug-likeness (QED) is 0.301. The highest BCUT2D eigenvalue weighted by Crippen LogP contribution is 2.32. The van der Waals surface area contributed by atoms with Gasteiger partial charge in [0, 0.05) is 36.7 Å². The number of ketones is 4. The Kier molecular flexibility index (Phi) is 7.89. The summed E-state index contributed by atoms with van der Waals surface area (Å²) < 4.78 is 12.3. The van der Waals surface area contributed by atoms with Gasteiger partial charge in [-0.25, -0.2) is 9.79 Å². The molecule has 1 aromatic rings. The Balaban J connectivity index is 1.24. The molecular formula is C20H22N6O8S2. The Morgan fingerprint density at radius 1 is 1.03 bits per heavy atom. The smallest absolute Gasteiger partial charge is 0.351 e. The van der Waals surface area contributed by atoms with Gasteiger partial charge in [-0.05, 0) is 12.1 Å². The zero-order valence-electron chi connectivity index (χ0n) is 18.6. The highest BCUT2D eigenvalue weighted by molar-refractivity contribution is 8.01. The van der Waals surface area contributed by atoms with Crippen LogP contribution in [0.5, 0.6) is 0 Å². The van der Waals surface area contributed by atoms with Crippen LogP contribution in [0.25, 0.3) is 0 Å². The van der Waals surface area contributed by atoms with Crippen LogP contribution >= 0.6 is 23.5 Å². The number of thioether (sulfide) groups is 2. The monoisotopic (exact) mass is 538 g/mol. The molecule has 4 heterocycles. The number of carbonyl (C=O) groups excluding carboxylic acids is 4. The number of Topliss-reactive ketones (excluding diaryl/α,β-unsaturated/α-hetero) is 4.